The average molecular weight is 172 g/mol. The molecule has 66 valence electrons. The number of hydrogen-bond acceptors (Lipinski definition) is 2. The van der Waals surface area contributed by atoms with Gasteiger partial charge in [-0.05, 0) is 5.41 Å². The second kappa shape index (κ2) is 2.77. The van der Waals surface area contributed by atoms with Crippen molar-refractivity contribution >= 4 is 0 Å². The van der Waals surface area contributed by atoms with E-state index >= 15 is 0 Å². The van der Waals surface area contributed by atoms with E-state index in [4.69, 9.17) is 0 Å². The summed E-state index contributed by atoms with van der Waals surface area (Å²) in [6.07, 6.45) is 0.151. The zero-order chi connectivity index (χ0) is 9.35. The third-order valence-electron chi connectivity index (χ3n) is 1.52. The summed E-state index contributed by atoms with van der Waals surface area (Å²) < 4.78 is 25.2. The van der Waals surface area contributed by atoms with Gasteiger partial charge in [0.2, 0.25) is 5.95 Å². The van der Waals surface area contributed by atoms with Crippen LogP contribution in [-0.2, 0) is 5.41 Å². The van der Waals surface area contributed by atoms with Crippen LogP contribution in [0.1, 0.15) is 26.3 Å². The van der Waals surface area contributed by atoms with Gasteiger partial charge >= 0.3 is 6.08 Å². The van der Waals surface area contributed by atoms with Gasteiger partial charge in [0, 0.05) is 11.8 Å². The van der Waals surface area contributed by atoms with E-state index in [1.165, 1.54) is 6.20 Å². The smallest absolute Gasteiger partial charge is 0.210 e. The van der Waals surface area contributed by atoms with Crippen molar-refractivity contribution in [1.29, 1.82) is 0 Å². The highest BCUT2D eigenvalue weighted by Crippen LogP contribution is 2.22. The molecule has 1 aromatic heterocycles. The minimum absolute atomic E-state index is 0.323. The van der Waals surface area contributed by atoms with Crippen molar-refractivity contribution < 1.29 is 8.78 Å². The van der Waals surface area contributed by atoms with Gasteiger partial charge < -0.3 is 0 Å². The molecule has 0 atom stereocenters. The molecule has 12 heavy (non-hydrogen) atoms. The molecule has 0 N–H and O–H groups in total. The van der Waals surface area contributed by atoms with E-state index in [0.717, 1.165) is 0 Å². The van der Waals surface area contributed by atoms with Crippen LogP contribution in [0.2, 0.25) is 0 Å². The van der Waals surface area contributed by atoms with Crippen molar-refractivity contribution in [2.24, 2.45) is 0 Å². The minimum Gasteiger partial charge on any atom is -0.210 e. The number of nitrogens with zero attached hydrogens (tertiary/aromatic N) is 2. The third kappa shape index (κ3) is 1.75. The van der Waals surface area contributed by atoms with Gasteiger partial charge in [-0.25, -0.2) is 4.98 Å². The van der Waals surface area contributed by atoms with Crippen molar-refractivity contribution in [3.05, 3.63) is 23.8 Å². The Bertz CT molecular complexity index is 292. The Hall–Kier alpha value is -1.06. The zero-order valence-corrected chi connectivity index (χ0v) is 7.23. The molecule has 0 radical (unpaired) electrons. The van der Waals surface area contributed by atoms with Crippen molar-refractivity contribution in [1.82, 2.24) is 9.97 Å². The lowest BCUT2D eigenvalue weighted by molar-refractivity contribution is 0.445. The molecule has 1 aromatic rings. The van der Waals surface area contributed by atoms with E-state index in [1.807, 2.05) is 20.8 Å². The van der Waals surface area contributed by atoms with Crippen LogP contribution in [-0.4, -0.2) is 9.97 Å². The maximum Gasteiger partial charge on any atom is 0.311 e. The van der Waals surface area contributed by atoms with E-state index in [-0.39, 0.29) is 0 Å². The van der Waals surface area contributed by atoms with Crippen LogP contribution in [0.15, 0.2) is 6.20 Å². The van der Waals surface area contributed by atoms with Crippen molar-refractivity contribution in [2.75, 3.05) is 0 Å². The fourth-order valence-corrected chi connectivity index (χ4v) is 0.844. The topological polar surface area (TPSA) is 25.8 Å². The first-order chi connectivity index (χ1) is 5.41. The fourth-order valence-electron chi connectivity index (χ4n) is 0.844. The third-order valence-corrected chi connectivity index (χ3v) is 1.52. The number of halogens is 2. The van der Waals surface area contributed by atoms with Crippen LogP contribution in [0.4, 0.5) is 8.78 Å². The van der Waals surface area contributed by atoms with Crippen molar-refractivity contribution in [3.8, 4) is 0 Å². The first-order valence-electron chi connectivity index (χ1n) is 3.60. The Balaban J connectivity index is 3.19. The highest BCUT2D eigenvalue weighted by atomic mass is 19.1. The largest absolute Gasteiger partial charge is 0.311 e. The minimum atomic E-state index is -1.03. The molecular formula is C8H10F2N2. The fraction of sp³-hybridized carbons (Fsp3) is 0.500. The van der Waals surface area contributed by atoms with Gasteiger partial charge in [0.1, 0.15) is 0 Å². The van der Waals surface area contributed by atoms with Crippen LogP contribution in [0.25, 0.3) is 0 Å². The Morgan fingerprint density at radius 2 is 1.83 bits per heavy atom. The molecule has 0 amide bonds. The molecule has 1 heterocycles. The van der Waals surface area contributed by atoms with E-state index in [1.54, 1.807) is 0 Å². The van der Waals surface area contributed by atoms with E-state index in [0.29, 0.717) is 5.56 Å². The Morgan fingerprint density at radius 3 is 2.25 bits per heavy atom. The Kier molecular flexibility index (Phi) is 2.08. The predicted molar refractivity (Wildman–Crippen MR) is 40.6 cm³/mol. The van der Waals surface area contributed by atoms with Gasteiger partial charge in [-0.15, -0.1) is 0 Å². The van der Waals surface area contributed by atoms with E-state index < -0.39 is 17.4 Å². The quantitative estimate of drug-likeness (QED) is 0.442. The normalized spacial score (nSPS) is 11.8. The lowest BCUT2D eigenvalue weighted by Gasteiger charge is -2.17. The first-order valence-corrected chi connectivity index (χ1v) is 3.60. The van der Waals surface area contributed by atoms with Gasteiger partial charge in [0.15, 0.2) is 0 Å². The molecule has 0 saturated heterocycles. The SMILES string of the molecule is CC(C)(C)c1cnc(F)nc1F. The second-order valence-corrected chi connectivity index (χ2v) is 3.59. The summed E-state index contributed by atoms with van der Waals surface area (Å²) in [7, 11) is 0. The standard InChI is InChI=1S/C8H10F2N2/c1-8(2,3)5-4-11-7(10)12-6(5)9/h4H,1-3H3. The van der Waals surface area contributed by atoms with Gasteiger partial charge in [0.05, 0.1) is 0 Å². The van der Waals surface area contributed by atoms with Gasteiger partial charge in [-0.3, -0.25) is 0 Å². The van der Waals surface area contributed by atoms with Crippen LogP contribution in [0.3, 0.4) is 0 Å². The molecule has 0 unspecified atom stereocenters. The van der Waals surface area contributed by atoms with Crippen LogP contribution in [0.5, 0.6) is 0 Å². The first kappa shape index (κ1) is 9.03. The predicted octanol–water partition coefficient (Wildman–Crippen LogP) is 2.05. The summed E-state index contributed by atoms with van der Waals surface area (Å²) in [5.41, 5.74) is -0.0680. The van der Waals surface area contributed by atoms with Crippen molar-refractivity contribution in [3.63, 3.8) is 0 Å². The zero-order valence-electron chi connectivity index (χ0n) is 7.23. The summed E-state index contributed by atoms with van der Waals surface area (Å²) in [5, 5.41) is 0. The molecule has 0 fully saturated rings. The molecule has 0 saturated carbocycles. The van der Waals surface area contributed by atoms with Crippen LogP contribution < -0.4 is 0 Å². The molecule has 0 bridgehead atoms. The number of hydrogen-bond donors (Lipinski definition) is 0. The lowest BCUT2D eigenvalue weighted by atomic mass is 9.89. The second-order valence-electron chi connectivity index (χ2n) is 3.59. The molecular weight excluding hydrogens is 162 g/mol. The van der Waals surface area contributed by atoms with Crippen LogP contribution >= 0.6 is 0 Å². The highest BCUT2D eigenvalue weighted by molar-refractivity contribution is 5.16. The molecule has 0 spiro atoms. The van der Waals surface area contributed by atoms with Crippen LogP contribution in [0, 0.1) is 12.0 Å². The van der Waals surface area contributed by atoms with Gasteiger partial charge in [-0.1, -0.05) is 20.8 Å². The average Bonchev–Trinajstić information content (AvgIpc) is 1.83. The molecule has 0 aliphatic carbocycles. The molecule has 0 aliphatic heterocycles. The summed E-state index contributed by atoms with van der Waals surface area (Å²) in [4.78, 5) is 6.28. The van der Waals surface area contributed by atoms with E-state index in [9.17, 15) is 8.78 Å². The summed E-state index contributed by atoms with van der Waals surface area (Å²) in [6.45, 7) is 5.44. The van der Waals surface area contributed by atoms with Gasteiger partial charge in [-0.2, -0.15) is 13.8 Å². The number of aromatic nitrogens is 2. The molecule has 4 heteroatoms. The monoisotopic (exact) mass is 172 g/mol. The Labute approximate surface area is 69.7 Å². The van der Waals surface area contributed by atoms with E-state index in [2.05, 4.69) is 9.97 Å². The van der Waals surface area contributed by atoms with Crippen molar-refractivity contribution in [2.45, 2.75) is 26.2 Å². The summed E-state index contributed by atoms with van der Waals surface area (Å²) in [6, 6.07) is 0. The maximum absolute atomic E-state index is 13.0. The summed E-state index contributed by atoms with van der Waals surface area (Å²) >= 11 is 0. The summed E-state index contributed by atoms with van der Waals surface area (Å²) in [5.74, 6) is -0.782. The highest BCUT2D eigenvalue weighted by Gasteiger charge is 2.20. The molecule has 0 aromatic carbocycles. The molecule has 2 nitrogen and oxygen atoms in total. The number of rotatable bonds is 0. The maximum atomic E-state index is 13.0. The molecule has 1 rings (SSSR count). The molecule has 0 aliphatic rings. The van der Waals surface area contributed by atoms with Gasteiger partial charge in [0.25, 0.3) is 0 Å². The Morgan fingerprint density at radius 1 is 1.25 bits per heavy atom. The lowest BCUT2D eigenvalue weighted by Crippen LogP contribution is -2.15.